The van der Waals surface area contributed by atoms with E-state index >= 15 is 0 Å². The SMILES string of the molecule is Cc1c(NC(=O)N(C)Cc2ccco2)cccc1OC(F)F. The van der Waals surface area contributed by atoms with Gasteiger partial charge in [0.1, 0.15) is 11.5 Å². The van der Waals surface area contributed by atoms with Crippen molar-refractivity contribution in [1.29, 1.82) is 0 Å². The first-order chi connectivity index (χ1) is 10.5. The lowest BCUT2D eigenvalue weighted by Gasteiger charge is -2.18. The Morgan fingerprint density at radius 2 is 2.14 bits per heavy atom. The van der Waals surface area contributed by atoms with E-state index in [0.717, 1.165) is 0 Å². The molecule has 22 heavy (non-hydrogen) atoms. The second-order valence-electron chi connectivity index (χ2n) is 4.67. The summed E-state index contributed by atoms with van der Waals surface area (Å²) >= 11 is 0. The summed E-state index contributed by atoms with van der Waals surface area (Å²) in [6.07, 6.45) is 1.52. The second-order valence-corrected chi connectivity index (χ2v) is 4.67. The maximum absolute atomic E-state index is 12.3. The quantitative estimate of drug-likeness (QED) is 0.912. The molecular formula is C15H16F2N2O3. The lowest BCUT2D eigenvalue weighted by atomic mass is 10.2. The van der Waals surface area contributed by atoms with Gasteiger partial charge in [0.15, 0.2) is 0 Å². The number of nitrogens with one attached hydrogen (secondary N) is 1. The third-order valence-corrected chi connectivity index (χ3v) is 3.06. The van der Waals surface area contributed by atoms with Crippen molar-refractivity contribution in [3.63, 3.8) is 0 Å². The summed E-state index contributed by atoms with van der Waals surface area (Å²) in [7, 11) is 1.60. The van der Waals surface area contributed by atoms with Crippen LogP contribution in [0, 0.1) is 6.92 Å². The molecule has 0 aliphatic heterocycles. The molecule has 0 spiro atoms. The maximum atomic E-state index is 12.3. The van der Waals surface area contributed by atoms with E-state index < -0.39 is 6.61 Å². The Bertz CT molecular complexity index is 630. The first kappa shape index (κ1) is 15.8. The molecule has 1 heterocycles. The van der Waals surface area contributed by atoms with E-state index in [2.05, 4.69) is 10.1 Å². The molecule has 2 aromatic rings. The standard InChI is InChI=1S/C15H16F2N2O3/c1-10-12(6-3-7-13(10)22-14(16)17)18-15(20)19(2)9-11-5-4-8-21-11/h3-8,14H,9H2,1-2H3,(H,18,20). The molecule has 0 saturated heterocycles. The minimum absolute atomic E-state index is 0.0292. The third kappa shape index (κ3) is 3.97. The van der Waals surface area contributed by atoms with Crippen LogP contribution in [0.4, 0.5) is 19.3 Å². The van der Waals surface area contributed by atoms with Gasteiger partial charge in [-0.15, -0.1) is 0 Å². The molecule has 2 amide bonds. The van der Waals surface area contributed by atoms with Crippen LogP contribution >= 0.6 is 0 Å². The molecule has 7 heteroatoms. The summed E-state index contributed by atoms with van der Waals surface area (Å²) in [4.78, 5) is 13.5. The minimum atomic E-state index is -2.91. The molecule has 0 unspecified atom stereocenters. The number of furan rings is 1. The van der Waals surface area contributed by atoms with E-state index in [1.54, 1.807) is 32.2 Å². The number of hydrogen-bond acceptors (Lipinski definition) is 3. The number of benzene rings is 1. The third-order valence-electron chi connectivity index (χ3n) is 3.06. The first-order valence-electron chi connectivity index (χ1n) is 6.56. The van der Waals surface area contributed by atoms with Gasteiger partial charge in [-0.05, 0) is 31.2 Å². The molecule has 1 aromatic heterocycles. The Balaban J connectivity index is 2.04. The van der Waals surface area contributed by atoms with E-state index in [1.807, 2.05) is 0 Å². The van der Waals surface area contributed by atoms with Gasteiger partial charge in [-0.25, -0.2) is 4.79 Å². The van der Waals surface area contributed by atoms with Gasteiger partial charge in [-0.2, -0.15) is 8.78 Å². The largest absolute Gasteiger partial charge is 0.467 e. The Kier molecular flexibility index (Phi) is 4.98. The van der Waals surface area contributed by atoms with E-state index in [0.29, 0.717) is 23.6 Å². The Morgan fingerprint density at radius 1 is 1.36 bits per heavy atom. The van der Waals surface area contributed by atoms with Crippen LogP contribution in [0.25, 0.3) is 0 Å². The lowest BCUT2D eigenvalue weighted by molar-refractivity contribution is -0.0502. The Labute approximate surface area is 126 Å². The summed E-state index contributed by atoms with van der Waals surface area (Å²) in [5.41, 5.74) is 0.844. The predicted octanol–water partition coefficient (Wildman–Crippen LogP) is 3.85. The molecule has 0 radical (unpaired) electrons. The van der Waals surface area contributed by atoms with Crippen molar-refractivity contribution in [2.45, 2.75) is 20.1 Å². The van der Waals surface area contributed by atoms with Gasteiger partial charge < -0.3 is 19.4 Å². The second kappa shape index (κ2) is 6.93. The van der Waals surface area contributed by atoms with Gasteiger partial charge in [0.05, 0.1) is 12.8 Å². The number of halogens is 2. The van der Waals surface area contributed by atoms with Crippen molar-refractivity contribution in [3.8, 4) is 5.75 Å². The average Bonchev–Trinajstić information content (AvgIpc) is 2.95. The number of ether oxygens (including phenoxy) is 1. The van der Waals surface area contributed by atoms with Crippen molar-refractivity contribution in [2.75, 3.05) is 12.4 Å². The van der Waals surface area contributed by atoms with Crippen molar-refractivity contribution >= 4 is 11.7 Å². The molecular weight excluding hydrogens is 294 g/mol. The molecule has 0 saturated carbocycles. The zero-order chi connectivity index (χ0) is 16.1. The summed E-state index contributed by atoms with van der Waals surface area (Å²) in [6, 6.07) is 7.68. The fourth-order valence-electron chi connectivity index (χ4n) is 1.89. The molecule has 5 nitrogen and oxygen atoms in total. The maximum Gasteiger partial charge on any atom is 0.387 e. The monoisotopic (exact) mass is 310 g/mol. The first-order valence-corrected chi connectivity index (χ1v) is 6.56. The van der Waals surface area contributed by atoms with Crippen LogP contribution in [0.5, 0.6) is 5.75 Å². The van der Waals surface area contributed by atoms with Crippen LogP contribution in [-0.4, -0.2) is 24.6 Å². The highest BCUT2D eigenvalue weighted by molar-refractivity contribution is 5.90. The van der Waals surface area contributed by atoms with E-state index in [4.69, 9.17) is 4.42 Å². The smallest absolute Gasteiger partial charge is 0.387 e. The molecule has 0 bridgehead atoms. The Morgan fingerprint density at radius 3 is 2.77 bits per heavy atom. The van der Waals surface area contributed by atoms with E-state index in [-0.39, 0.29) is 11.8 Å². The van der Waals surface area contributed by atoms with Gasteiger partial charge in [-0.1, -0.05) is 6.07 Å². The number of amides is 2. The van der Waals surface area contributed by atoms with Crippen LogP contribution in [0.2, 0.25) is 0 Å². The molecule has 2 rings (SSSR count). The number of nitrogens with zero attached hydrogens (tertiary/aromatic N) is 1. The number of carbonyl (C=O) groups is 1. The summed E-state index contributed by atoms with van der Waals surface area (Å²) in [6.45, 7) is -1.02. The number of alkyl halides is 2. The molecule has 1 N–H and O–H groups in total. The van der Waals surface area contributed by atoms with Gasteiger partial charge in [0, 0.05) is 18.3 Å². The van der Waals surface area contributed by atoms with Crippen LogP contribution in [0.3, 0.4) is 0 Å². The topological polar surface area (TPSA) is 54.7 Å². The highest BCUT2D eigenvalue weighted by Crippen LogP contribution is 2.27. The summed E-state index contributed by atoms with van der Waals surface area (Å²) in [5, 5.41) is 2.66. The fraction of sp³-hybridized carbons (Fsp3) is 0.267. The molecule has 0 atom stereocenters. The highest BCUT2D eigenvalue weighted by atomic mass is 19.3. The predicted molar refractivity (Wildman–Crippen MR) is 77.0 cm³/mol. The summed E-state index contributed by atoms with van der Waals surface area (Å²) < 4.78 is 34.2. The molecule has 118 valence electrons. The number of hydrogen-bond donors (Lipinski definition) is 1. The number of urea groups is 1. The number of anilines is 1. The van der Waals surface area contributed by atoms with Crippen molar-refractivity contribution in [3.05, 3.63) is 47.9 Å². The average molecular weight is 310 g/mol. The van der Waals surface area contributed by atoms with Gasteiger partial charge in [0.2, 0.25) is 0 Å². The van der Waals surface area contributed by atoms with Gasteiger partial charge >= 0.3 is 12.6 Å². The van der Waals surface area contributed by atoms with Crippen LogP contribution in [0.15, 0.2) is 41.0 Å². The molecule has 1 aromatic carbocycles. The normalized spacial score (nSPS) is 10.6. The van der Waals surface area contributed by atoms with Crippen LogP contribution < -0.4 is 10.1 Å². The fourth-order valence-corrected chi connectivity index (χ4v) is 1.89. The highest BCUT2D eigenvalue weighted by Gasteiger charge is 2.14. The number of carbonyl (C=O) groups excluding carboxylic acids is 1. The lowest BCUT2D eigenvalue weighted by Crippen LogP contribution is -2.31. The number of rotatable bonds is 5. The van der Waals surface area contributed by atoms with Gasteiger partial charge in [-0.3, -0.25) is 0 Å². The molecule has 0 fully saturated rings. The Hall–Kier alpha value is -2.57. The van der Waals surface area contributed by atoms with Crippen LogP contribution in [0.1, 0.15) is 11.3 Å². The van der Waals surface area contributed by atoms with E-state index in [1.165, 1.54) is 23.3 Å². The van der Waals surface area contributed by atoms with Crippen LogP contribution in [-0.2, 0) is 6.54 Å². The summed E-state index contributed by atoms with van der Waals surface area (Å²) in [5.74, 6) is 0.672. The zero-order valence-corrected chi connectivity index (χ0v) is 12.2. The van der Waals surface area contributed by atoms with Gasteiger partial charge in [0.25, 0.3) is 0 Å². The van der Waals surface area contributed by atoms with Crippen molar-refractivity contribution < 1.29 is 22.7 Å². The molecule has 0 aliphatic carbocycles. The van der Waals surface area contributed by atoms with E-state index in [9.17, 15) is 13.6 Å². The minimum Gasteiger partial charge on any atom is -0.467 e. The zero-order valence-electron chi connectivity index (χ0n) is 12.2. The van der Waals surface area contributed by atoms with Crippen molar-refractivity contribution in [2.24, 2.45) is 0 Å². The molecule has 0 aliphatic rings. The van der Waals surface area contributed by atoms with Crippen molar-refractivity contribution in [1.82, 2.24) is 4.90 Å².